The Bertz CT molecular complexity index is 1180. The summed E-state index contributed by atoms with van der Waals surface area (Å²) in [7, 11) is 1.63. The lowest BCUT2D eigenvalue weighted by Gasteiger charge is -2.28. The molecule has 0 saturated carbocycles. The minimum Gasteiger partial charge on any atom is -0.378 e. The summed E-state index contributed by atoms with van der Waals surface area (Å²) in [5, 5.41) is 11.7. The lowest BCUT2D eigenvalue weighted by Crippen LogP contribution is -2.37. The molecule has 28 heavy (non-hydrogen) atoms. The van der Waals surface area contributed by atoms with E-state index in [2.05, 4.69) is 20.4 Å². The number of hydrogen-bond donors (Lipinski definition) is 2. The van der Waals surface area contributed by atoms with E-state index in [1.165, 1.54) is 11.3 Å². The van der Waals surface area contributed by atoms with E-state index in [1.807, 2.05) is 24.3 Å². The van der Waals surface area contributed by atoms with Gasteiger partial charge in [0.2, 0.25) is 0 Å². The zero-order valence-electron chi connectivity index (χ0n) is 15.2. The third-order valence-electron chi connectivity index (χ3n) is 4.86. The molecule has 9 heteroatoms. The standard InChI is InChI=1S/C19H18N6O2S/c1-20-18(26)15-9-12-17(25-5-7-27-8-6-25)22-16(23-19(12)28-15)11-3-2-4-14-13(11)10-21-24-14/h2-4,9-10H,5-8H2,1H3,(H,20,26)(H,21,24). The van der Waals surface area contributed by atoms with Crippen LogP contribution >= 0.6 is 11.3 Å². The fourth-order valence-corrected chi connectivity index (χ4v) is 4.41. The van der Waals surface area contributed by atoms with Crippen molar-refractivity contribution in [3.8, 4) is 11.4 Å². The van der Waals surface area contributed by atoms with E-state index in [0.717, 1.165) is 45.6 Å². The SMILES string of the molecule is CNC(=O)c1cc2c(N3CCOCC3)nc(-c3cccc4[nH]ncc34)nc2s1. The van der Waals surface area contributed by atoms with Crippen molar-refractivity contribution in [2.24, 2.45) is 0 Å². The van der Waals surface area contributed by atoms with Crippen molar-refractivity contribution in [3.05, 3.63) is 35.3 Å². The Labute approximate surface area is 164 Å². The van der Waals surface area contributed by atoms with Gasteiger partial charge in [0.25, 0.3) is 5.91 Å². The number of fused-ring (bicyclic) bond motifs is 2. The number of carbonyl (C=O) groups excluding carboxylic acids is 1. The predicted molar refractivity (Wildman–Crippen MR) is 109 cm³/mol. The molecule has 142 valence electrons. The van der Waals surface area contributed by atoms with Crippen LogP contribution in [0.3, 0.4) is 0 Å². The van der Waals surface area contributed by atoms with E-state index in [-0.39, 0.29) is 5.91 Å². The highest BCUT2D eigenvalue weighted by molar-refractivity contribution is 7.20. The molecule has 0 atom stereocenters. The van der Waals surface area contributed by atoms with Crippen LogP contribution in [0, 0.1) is 0 Å². The highest BCUT2D eigenvalue weighted by Crippen LogP contribution is 2.35. The van der Waals surface area contributed by atoms with Crippen LogP contribution in [0.1, 0.15) is 9.67 Å². The van der Waals surface area contributed by atoms with Crippen LogP contribution in [-0.4, -0.2) is 59.4 Å². The number of benzene rings is 1. The molecule has 5 rings (SSSR count). The molecule has 3 aromatic heterocycles. The van der Waals surface area contributed by atoms with Crippen molar-refractivity contribution in [1.29, 1.82) is 0 Å². The topological polar surface area (TPSA) is 96.0 Å². The Balaban J connectivity index is 1.73. The molecule has 1 aliphatic rings. The lowest BCUT2D eigenvalue weighted by atomic mass is 10.1. The fourth-order valence-electron chi connectivity index (χ4n) is 3.44. The number of anilines is 1. The first-order chi connectivity index (χ1) is 13.7. The summed E-state index contributed by atoms with van der Waals surface area (Å²) in [6.07, 6.45) is 1.79. The van der Waals surface area contributed by atoms with Crippen molar-refractivity contribution in [2.45, 2.75) is 0 Å². The average molecular weight is 394 g/mol. The monoisotopic (exact) mass is 394 g/mol. The number of nitrogens with one attached hydrogen (secondary N) is 2. The number of rotatable bonds is 3. The maximum absolute atomic E-state index is 12.2. The van der Waals surface area contributed by atoms with Crippen LogP contribution < -0.4 is 10.2 Å². The fraction of sp³-hybridized carbons (Fsp3) is 0.263. The molecule has 1 saturated heterocycles. The molecule has 0 radical (unpaired) electrons. The lowest BCUT2D eigenvalue weighted by molar-refractivity contribution is 0.0967. The minimum absolute atomic E-state index is 0.116. The molecule has 4 aromatic rings. The van der Waals surface area contributed by atoms with Gasteiger partial charge in [-0.25, -0.2) is 9.97 Å². The summed E-state index contributed by atoms with van der Waals surface area (Å²) in [4.78, 5) is 25.5. The Morgan fingerprint density at radius 1 is 1.25 bits per heavy atom. The summed E-state index contributed by atoms with van der Waals surface area (Å²) in [5.74, 6) is 1.36. The number of H-pyrrole nitrogens is 1. The third-order valence-corrected chi connectivity index (χ3v) is 5.89. The quantitative estimate of drug-likeness (QED) is 0.554. The van der Waals surface area contributed by atoms with Gasteiger partial charge in [0, 0.05) is 31.1 Å². The summed E-state index contributed by atoms with van der Waals surface area (Å²) < 4.78 is 5.50. The van der Waals surface area contributed by atoms with Gasteiger partial charge in [-0.15, -0.1) is 11.3 Å². The first kappa shape index (κ1) is 17.1. The van der Waals surface area contributed by atoms with E-state index in [0.29, 0.717) is 23.9 Å². The zero-order valence-corrected chi connectivity index (χ0v) is 16.0. The molecule has 8 nitrogen and oxygen atoms in total. The minimum atomic E-state index is -0.116. The second-order valence-corrected chi connectivity index (χ2v) is 7.55. The second kappa shape index (κ2) is 6.84. The summed E-state index contributed by atoms with van der Waals surface area (Å²) in [6, 6.07) is 7.81. The largest absolute Gasteiger partial charge is 0.378 e. The first-order valence-electron chi connectivity index (χ1n) is 9.03. The molecule has 0 unspecified atom stereocenters. The molecule has 1 aromatic carbocycles. The summed E-state index contributed by atoms with van der Waals surface area (Å²) in [6.45, 7) is 2.83. The van der Waals surface area contributed by atoms with E-state index in [1.54, 1.807) is 13.2 Å². The van der Waals surface area contributed by atoms with E-state index in [9.17, 15) is 4.79 Å². The summed E-state index contributed by atoms with van der Waals surface area (Å²) >= 11 is 1.38. The Morgan fingerprint density at radius 3 is 2.93 bits per heavy atom. The number of morpholine rings is 1. The number of amides is 1. The molecule has 0 bridgehead atoms. The van der Waals surface area contributed by atoms with Crippen LogP contribution in [0.15, 0.2) is 30.5 Å². The van der Waals surface area contributed by atoms with Crippen molar-refractivity contribution < 1.29 is 9.53 Å². The van der Waals surface area contributed by atoms with Crippen molar-refractivity contribution in [3.63, 3.8) is 0 Å². The number of nitrogens with zero attached hydrogens (tertiary/aromatic N) is 4. The second-order valence-electron chi connectivity index (χ2n) is 6.52. The maximum Gasteiger partial charge on any atom is 0.261 e. The van der Waals surface area contributed by atoms with Gasteiger partial charge in [-0.2, -0.15) is 5.10 Å². The molecule has 0 aliphatic carbocycles. The van der Waals surface area contributed by atoms with Crippen molar-refractivity contribution >= 4 is 44.2 Å². The molecule has 1 aliphatic heterocycles. The molecule has 1 fully saturated rings. The van der Waals surface area contributed by atoms with Gasteiger partial charge in [0.15, 0.2) is 5.82 Å². The van der Waals surface area contributed by atoms with Gasteiger partial charge in [0.05, 0.1) is 35.2 Å². The molecular formula is C19H18N6O2S. The number of aromatic nitrogens is 4. The molecule has 4 heterocycles. The zero-order chi connectivity index (χ0) is 19.1. The van der Waals surface area contributed by atoms with Crippen LogP contribution in [-0.2, 0) is 4.74 Å². The van der Waals surface area contributed by atoms with Crippen LogP contribution in [0.25, 0.3) is 32.5 Å². The number of hydrogen-bond acceptors (Lipinski definition) is 7. The van der Waals surface area contributed by atoms with E-state index < -0.39 is 0 Å². The van der Waals surface area contributed by atoms with E-state index >= 15 is 0 Å². The van der Waals surface area contributed by atoms with Gasteiger partial charge in [0.1, 0.15) is 10.6 Å². The predicted octanol–water partition coefficient (Wildman–Crippen LogP) is 2.43. The Morgan fingerprint density at radius 2 is 2.11 bits per heavy atom. The van der Waals surface area contributed by atoms with Gasteiger partial charge < -0.3 is 15.0 Å². The highest BCUT2D eigenvalue weighted by Gasteiger charge is 2.22. The van der Waals surface area contributed by atoms with Gasteiger partial charge in [-0.05, 0) is 12.1 Å². The number of ether oxygens (including phenoxy) is 1. The first-order valence-corrected chi connectivity index (χ1v) is 9.85. The molecule has 0 spiro atoms. The molecular weight excluding hydrogens is 376 g/mol. The number of aromatic amines is 1. The van der Waals surface area contributed by atoms with Gasteiger partial charge in [-0.3, -0.25) is 9.89 Å². The third kappa shape index (κ3) is 2.79. The Kier molecular flexibility index (Phi) is 4.18. The summed E-state index contributed by atoms with van der Waals surface area (Å²) in [5.41, 5.74) is 1.85. The highest BCUT2D eigenvalue weighted by atomic mass is 32.1. The molecule has 2 N–H and O–H groups in total. The van der Waals surface area contributed by atoms with E-state index in [4.69, 9.17) is 14.7 Å². The Hall–Kier alpha value is -3.04. The van der Waals surface area contributed by atoms with Gasteiger partial charge >= 0.3 is 0 Å². The van der Waals surface area contributed by atoms with Crippen molar-refractivity contribution in [1.82, 2.24) is 25.5 Å². The smallest absolute Gasteiger partial charge is 0.261 e. The van der Waals surface area contributed by atoms with Crippen LogP contribution in [0.2, 0.25) is 0 Å². The number of thiophene rings is 1. The van der Waals surface area contributed by atoms with Gasteiger partial charge in [-0.1, -0.05) is 12.1 Å². The number of carbonyl (C=O) groups is 1. The normalized spacial score (nSPS) is 14.7. The van der Waals surface area contributed by atoms with Crippen LogP contribution in [0.4, 0.5) is 5.82 Å². The maximum atomic E-state index is 12.2. The van der Waals surface area contributed by atoms with Crippen molar-refractivity contribution in [2.75, 3.05) is 38.3 Å². The molecule has 1 amide bonds. The average Bonchev–Trinajstić information content (AvgIpc) is 3.39. The van der Waals surface area contributed by atoms with Crippen LogP contribution in [0.5, 0.6) is 0 Å².